The molecule has 1 aliphatic heterocycles. The Labute approximate surface area is 231 Å². The summed E-state index contributed by atoms with van der Waals surface area (Å²) in [7, 11) is 0. The molecule has 198 valence electrons. The second-order valence-electron chi connectivity index (χ2n) is 9.27. The number of allylic oxidation sites excluding steroid dienone is 1. The molecule has 3 aromatic carbocycles. The Bertz CT molecular complexity index is 1500. The molecule has 0 aliphatic carbocycles. The predicted octanol–water partition coefficient (Wildman–Crippen LogP) is 4.90. The Morgan fingerprint density at radius 1 is 0.923 bits per heavy atom. The Hall–Kier alpha value is -4.27. The first-order valence-corrected chi connectivity index (χ1v) is 13.1. The second-order valence-corrected chi connectivity index (χ2v) is 9.70. The molecule has 2 amide bonds. The SMILES string of the molecule is Cc1nnc2n1-c1ccccc1C(c1ccc(Cl)cc1)=CC2CCC(=O)NNC(=O)COCc1ccccc1. The minimum absolute atomic E-state index is 0.161. The number of hydrazine groups is 1. The summed E-state index contributed by atoms with van der Waals surface area (Å²) < 4.78 is 7.46. The molecular weight excluding hydrogens is 514 g/mol. The van der Waals surface area contributed by atoms with Crippen molar-refractivity contribution in [1.29, 1.82) is 0 Å². The van der Waals surface area contributed by atoms with Gasteiger partial charge in [-0.15, -0.1) is 10.2 Å². The van der Waals surface area contributed by atoms with Crippen LogP contribution in [0.2, 0.25) is 5.02 Å². The van der Waals surface area contributed by atoms with Crippen LogP contribution in [0.25, 0.3) is 11.3 Å². The van der Waals surface area contributed by atoms with Crippen LogP contribution in [0.3, 0.4) is 0 Å². The van der Waals surface area contributed by atoms with Crippen molar-refractivity contribution in [3.8, 4) is 5.69 Å². The first-order chi connectivity index (χ1) is 19.0. The number of aromatic nitrogens is 3. The van der Waals surface area contributed by atoms with Crippen molar-refractivity contribution in [1.82, 2.24) is 25.6 Å². The molecule has 2 N–H and O–H groups in total. The van der Waals surface area contributed by atoms with Crippen LogP contribution in [0.4, 0.5) is 0 Å². The number of hydrogen-bond acceptors (Lipinski definition) is 5. The maximum atomic E-state index is 12.7. The monoisotopic (exact) mass is 541 g/mol. The quantitative estimate of drug-likeness (QED) is 0.309. The van der Waals surface area contributed by atoms with Gasteiger partial charge in [-0.1, -0.05) is 78.3 Å². The van der Waals surface area contributed by atoms with Gasteiger partial charge in [0, 0.05) is 22.9 Å². The van der Waals surface area contributed by atoms with E-state index in [1.54, 1.807) is 0 Å². The van der Waals surface area contributed by atoms with Crippen molar-refractivity contribution in [2.75, 3.05) is 6.61 Å². The lowest BCUT2D eigenvalue weighted by Crippen LogP contribution is -2.43. The number of benzene rings is 3. The molecule has 39 heavy (non-hydrogen) atoms. The largest absolute Gasteiger partial charge is 0.367 e. The van der Waals surface area contributed by atoms with Gasteiger partial charge in [0.1, 0.15) is 18.3 Å². The zero-order valence-electron chi connectivity index (χ0n) is 21.4. The molecule has 0 spiro atoms. The number of ether oxygens (including phenoxy) is 1. The van der Waals surface area contributed by atoms with Crippen molar-refractivity contribution in [2.45, 2.75) is 32.3 Å². The van der Waals surface area contributed by atoms with Gasteiger partial charge in [-0.05, 0) is 48.2 Å². The summed E-state index contributed by atoms with van der Waals surface area (Å²) in [6.45, 7) is 2.07. The number of carbonyl (C=O) groups is 2. The van der Waals surface area contributed by atoms with Gasteiger partial charge < -0.3 is 4.74 Å². The highest BCUT2D eigenvalue weighted by atomic mass is 35.5. The molecule has 1 aliphatic rings. The van der Waals surface area contributed by atoms with Crippen LogP contribution in [-0.2, 0) is 20.9 Å². The maximum absolute atomic E-state index is 12.7. The van der Waals surface area contributed by atoms with Gasteiger partial charge >= 0.3 is 0 Å². The summed E-state index contributed by atoms with van der Waals surface area (Å²) in [6, 6.07) is 25.4. The van der Waals surface area contributed by atoms with Gasteiger partial charge in [-0.25, -0.2) is 0 Å². The fourth-order valence-corrected chi connectivity index (χ4v) is 4.76. The van der Waals surface area contributed by atoms with E-state index in [0.29, 0.717) is 18.1 Å². The molecule has 0 saturated carbocycles. The molecule has 5 rings (SSSR count). The molecule has 0 bridgehead atoms. The predicted molar refractivity (Wildman–Crippen MR) is 149 cm³/mol. The number of carbonyl (C=O) groups excluding carboxylic acids is 2. The number of rotatable bonds is 8. The summed E-state index contributed by atoms with van der Waals surface area (Å²) in [6.07, 6.45) is 2.77. The van der Waals surface area contributed by atoms with E-state index in [9.17, 15) is 9.59 Å². The highest BCUT2D eigenvalue weighted by molar-refractivity contribution is 6.30. The molecule has 4 aromatic rings. The number of para-hydroxylation sites is 1. The van der Waals surface area contributed by atoms with E-state index in [1.807, 2.05) is 84.3 Å². The molecule has 2 heterocycles. The first kappa shape index (κ1) is 26.3. The third-order valence-corrected chi connectivity index (χ3v) is 6.76. The summed E-state index contributed by atoms with van der Waals surface area (Å²) in [5, 5.41) is 9.47. The second kappa shape index (κ2) is 12.1. The fourth-order valence-electron chi connectivity index (χ4n) is 4.63. The Kier molecular flexibility index (Phi) is 8.15. The van der Waals surface area contributed by atoms with Crippen LogP contribution >= 0.6 is 11.6 Å². The third kappa shape index (κ3) is 6.25. The standard InChI is InChI=1S/C30H28ClN5O3/c1-20-32-35-30-23(13-16-28(37)33-34-29(38)19-39-18-21-7-3-2-4-8-21)17-26(22-11-14-24(31)15-12-22)25-9-5-6-10-27(25)36(20)30/h2-12,14-15,17,23H,13,16,18-19H2,1H3,(H,33,37)(H,34,38). The summed E-state index contributed by atoms with van der Waals surface area (Å²) >= 11 is 6.16. The van der Waals surface area contributed by atoms with E-state index in [-0.39, 0.29) is 24.9 Å². The number of nitrogens with zero attached hydrogens (tertiary/aromatic N) is 3. The minimum Gasteiger partial charge on any atom is -0.367 e. The van der Waals surface area contributed by atoms with Gasteiger partial charge in [-0.3, -0.25) is 25.0 Å². The average Bonchev–Trinajstić information content (AvgIpc) is 3.27. The molecular formula is C30H28ClN5O3. The van der Waals surface area contributed by atoms with Gasteiger partial charge in [0.25, 0.3) is 5.91 Å². The zero-order chi connectivity index (χ0) is 27.2. The number of aryl methyl sites for hydroxylation is 1. The lowest BCUT2D eigenvalue weighted by Gasteiger charge is -2.14. The van der Waals surface area contributed by atoms with Crippen LogP contribution < -0.4 is 10.9 Å². The van der Waals surface area contributed by atoms with E-state index >= 15 is 0 Å². The Morgan fingerprint density at radius 3 is 2.44 bits per heavy atom. The number of halogens is 1. The lowest BCUT2D eigenvalue weighted by atomic mass is 9.92. The smallest absolute Gasteiger partial charge is 0.264 e. The Morgan fingerprint density at radius 2 is 1.64 bits per heavy atom. The normalized spacial score (nSPS) is 14.0. The van der Waals surface area contributed by atoms with E-state index < -0.39 is 5.91 Å². The summed E-state index contributed by atoms with van der Waals surface area (Å²) in [5.74, 6) is 0.595. The van der Waals surface area contributed by atoms with Gasteiger partial charge in [-0.2, -0.15) is 0 Å². The van der Waals surface area contributed by atoms with Crippen LogP contribution in [0.5, 0.6) is 0 Å². The highest BCUT2D eigenvalue weighted by Gasteiger charge is 2.27. The summed E-state index contributed by atoms with van der Waals surface area (Å²) in [5.41, 5.74) is 9.93. The van der Waals surface area contributed by atoms with Crippen LogP contribution in [0.15, 0.2) is 84.9 Å². The number of amides is 2. The molecule has 0 fully saturated rings. The molecule has 8 nitrogen and oxygen atoms in total. The number of hydrogen-bond donors (Lipinski definition) is 2. The number of fused-ring (bicyclic) bond motifs is 3. The number of nitrogens with one attached hydrogen (secondary N) is 2. The highest BCUT2D eigenvalue weighted by Crippen LogP contribution is 2.38. The molecule has 1 unspecified atom stereocenters. The van der Waals surface area contributed by atoms with E-state index in [4.69, 9.17) is 16.3 Å². The van der Waals surface area contributed by atoms with Crippen LogP contribution in [0.1, 0.15) is 47.1 Å². The zero-order valence-corrected chi connectivity index (χ0v) is 22.2. The maximum Gasteiger partial charge on any atom is 0.264 e. The van der Waals surface area contributed by atoms with Crippen molar-refractivity contribution in [3.05, 3.63) is 118 Å². The Balaban J connectivity index is 1.27. The van der Waals surface area contributed by atoms with Crippen LogP contribution in [-0.4, -0.2) is 33.2 Å². The third-order valence-electron chi connectivity index (χ3n) is 6.51. The molecule has 0 radical (unpaired) electrons. The van der Waals surface area contributed by atoms with E-state index in [0.717, 1.165) is 39.6 Å². The topological polar surface area (TPSA) is 98.1 Å². The molecule has 1 aromatic heterocycles. The molecule has 1 atom stereocenters. The van der Waals surface area contributed by atoms with Crippen molar-refractivity contribution >= 4 is 29.0 Å². The summed E-state index contributed by atoms with van der Waals surface area (Å²) in [4.78, 5) is 24.8. The fraction of sp³-hybridized carbons (Fsp3) is 0.200. The minimum atomic E-state index is -0.426. The molecule has 9 heteroatoms. The van der Waals surface area contributed by atoms with Gasteiger partial charge in [0.15, 0.2) is 0 Å². The van der Waals surface area contributed by atoms with Crippen LogP contribution in [0, 0.1) is 6.92 Å². The lowest BCUT2D eigenvalue weighted by molar-refractivity contribution is -0.132. The van der Waals surface area contributed by atoms with Gasteiger partial charge in [0.05, 0.1) is 12.3 Å². The van der Waals surface area contributed by atoms with Crippen molar-refractivity contribution in [2.24, 2.45) is 0 Å². The average molecular weight is 542 g/mol. The van der Waals surface area contributed by atoms with Crippen molar-refractivity contribution < 1.29 is 14.3 Å². The van der Waals surface area contributed by atoms with E-state index in [2.05, 4.69) is 33.2 Å². The van der Waals surface area contributed by atoms with Gasteiger partial charge in [0.2, 0.25) is 5.91 Å². The first-order valence-electron chi connectivity index (χ1n) is 12.7. The van der Waals surface area contributed by atoms with Crippen molar-refractivity contribution in [3.63, 3.8) is 0 Å². The van der Waals surface area contributed by atoms with E-state index in [1.165, 1.54) is 0 Å². The molecule has 0 saturated heterocycles.